The van der Waals surface area contributed by atoms with Gasteiger partial charge in [0.15, 0.2) is 11.5 Å². The fourth-order valence-corrected chi connectivity index (χ4v) is 4.81. The van der Waals surface area contributed by atoms with Crippen molar-refractivity contribution in [2.24, 2.45) is 0 Å². The first-order chi connectivity index (χ1) is 15.1. The number of aryl methyl sites for hydroxylation is 1. The van der Waals surface area contributed by atoms with Crippen LogP contribution in [0.25, 0.3) is 20.8 Å². The molecule has 1 heterocycles. The molecule has 0 saturated heterocycles. The molecule has 0 aliphatic carbocycles. The normalized spacial score (nSPS) is 11.0. The third-order valence-electron chi connectivity index (χ3n) is 4.95. The van der Waals surface area contributed by atoms with Crippen LogP contribution in [0.5, 0.6) is 11.5 Å². The molecule has 1 aromatic heterocycles. The molecule has 0 atom stereocenters. The molecule has 1 N–H and O–H groups in total. The Bertz CT molecular complexity index is 1190. The van der Waals surface area contributed by atoms with Crippen molar-refractivity contribution < 1.29 is 9.47 Å². The van der Waals surface area contributed by atoms with E-state index in [1.54, 1.807) is 18.4 Å². The molecule has 0 fully saturated rings. The van der Waals surface area contributed by atoms with Crippen molar-refractivity contribution in [2.45, 2.75) is 26.8 Å². The number of hydrogen-bond donors (Lipinski definition) is 1. The number of hydrogen-bond acceptors (Lipinski definition) is 5. The minimum Gasteiger partial charge on any atom is -0.493 e. The Morgan fingerprint density at radius 2 is 1.84 bits per heavy atom. The number of nitrogens with one attached hydrogen (secondary N) is 1. The van der Waals surface area contributed by atoms with Gasteiger partial charge in [-0.05, 0) is 73.0 Å². The van der Waals surface area contributed by atoms with Gasteiger partial charge in [0, 0.05) is 22.3 Å². The smallest absolute Gasteiger partial charge is 0.162 e. The molecule has 4 aromatic rings. The van der Waals surface area contributed by atoms with Crippen molar-refractivity contribution in [3.63, 3.8) is 0 Å². The van der Waals surface area contributed by atoms with E-state index in [1.165, 1.54) is 10.3 Å². The Balaban J connectivity index is 1.46. The number of halogens is 1. The highest BCUT2D eigenvalue weighted by molar-refractivity contribution is 9.10. The molecular formula is C25H25BrN2O2S. The van der Waals surface area contributed by atoms with E-state index in [4.69, 9.17) is 14.5 Å². The number of aromatic nitrogens is 1. The van der Waals surface area contributed by atoms with E-state index in [0.717, 1.165) is 49.7 Å². The summed E-state index contributed by atoms with van der Waals surface area (Å²) in [6.45, 7) is 5.54. The third kappa shape index (κ3) is 5.02. The van der Waals surface area contributed by atoms with Crippen LogP contribution in [0.1, 0.15) is 24.5 Å². The van der Waals surface area contributed by atoms with Crippen LogP contribution >= 0.6 is 27.3 Å². The van der Waals surface area contributed by atoms with E-state index in [-0.39, 0.29) is 0 Å². The van der Waals surface area contributed by atoms with Gasteiger partial charge >= 0.3 is 0 Å². The highest BCUT2D eigenvalue weighted by atomic mass is 79.9. The first kappa shape index (κ1) is 21.7. The Morgan fingerprint density at radius 3 is 2.58 bits per heavy atom. The Hall–Kier alpha value is -2.57. The predicted molar refractivity (Wildman–Crippen MR) is 134 cm³/mol. The van der Waals surface area contributed by atoms with E-state index >= 15 is 0 Å². The molecule has 0 saturated carbocycles. The van der Waals surface area contributed by atoms with Gasteiger partial charge in [-0.15, -0.1) is 11.3 Å². The number of benzene rings is 3. The lowest BCUT2D eigenvalue weighted by molar-refractivity contribution is 0.294. The van der Waals surface area contributed by atoms with Gasteiger partial charge in [0.05, 0.1) is 23.9 Å². The van der Waals surface area contributed by atoms with Crippen LogP contribution in [0.4, 0.5) is 5.69 Å². The Kier molecular flexibility index (Phi) is 6.78. The summed E-state index contributed by atoms with van der Waals surface area (Å²) in [5.74, 6) is 1.50. The topological polar surface area (TPSA) is 43.4 Å². The van der Waals surface area contributed by atoms with E-state index < -0.39 is 0 Å². The lowest BCUT2D eigenvalue weighted by Crippen LogP contribution is -2.03. The third-order valence-corrected chi connectivity index (χ3v) is 6.76. The predicted octanol–water partition coefficient (Wildman–Crippen LogP) is 7.44. The molecule has 160 valence electrons. The zero-order valence-corrected chi connectivity index (χ0v) is 20.3. The monoisotopic (exact) mass is 496 g/mol. The zero-order valence-electron chi connectivity index (χ0n) is 17.9. The van der Waals surface area contributed by atoms with Crippen LogP contribution in [-0.4, -0.2) is 18.7 Å². The summed E-state index contributed by atoms with van der Waals surface area (Å²) < 4.78 is 13.5. The average Bonchev–Trinajstić information content (AvgIpc) is 3.20. The van der Waals surface area contributed by atoms with E-state index in [9.17, 15) is 0 Å². The van der Waals surface area contributed by atoms with Crippen molar-refractivity contribution in [1.82, 2.24) is 4.98 Å². The standard InChI is InChI=1S/C25H25BrN2O2S/c1-4-11-30-23-14-20(26)18(13-22(23)29-3)15-27-19-8-6-17(7-9-19)25-28-21-10-5-16(2)12-24(21)31-25/h5-10,12-14,27H,4,11,15H2,1-3H3. The number of methoxy groups -OCH3 is 1. The van der Waals surface area contributed by atoms with Crippen molar-refractivity contribution in [1.29, 1.82) is 0 Å². The molecule has 4 rings (SSSR count). The van der Waals surface area contributed by atoms with Crippen LogP contribution in [-0.2, 0) is 6.54 Å². The fraction of sp³-hybridized carbons (Fsp3) is 0.240. The quantitative estimate of drug-likeness (QED) is 0.275. The first-order valence-electron chi connectivity index (χ1n) is 10.3. The highest BCUT2D eigenvalue weighted by Gasteiger charge is 2.11. The summed E-state index contributed by atoms with van der Waals surface area (Å²) in [5.41, 5.74) is 5.60. The van der Waals surface area contributed by atoms with Crippen LogP contribution in [0.15, 0.2) is 59.1 Å². The van der Waals surface area contributed by atoms with Crippen molar-refractivity contribution in [3.05, 3.63) is 70.2 Å². The van der Waals surface area contributed by atoms with Crippen molar-refractivity contribution in [3.8, 4) is 22.1 Å². The van der Waals surface area contributed by atoms with Crippen LogP contribution in [0.2, 0.25) is 0 Å². The maximum atomic E-state index is 5.78. The number of anilines is 1. The number of ether oxygens (including phenoxy) is 2. The summed E-state index contributed by atoms with van der Waals surface area (Å²) in [4.78, 5) is 4.77. The molecule has 3 aromatic carbocycles. The minimum atomic E-state index is 0.668. The SMILES string of the molecule is CCCOc1cc(Br)c(CNc2ccc(-c3nc4ccc(C)cc4s3)cc2)cc1OC. The summed E-state index contributed by atoms with van der Waals surface area (Å²) >= 11 is 5.39. The molecule has 31 heavy (non-hydrogen) atoms. The van der Waals surface area contributed by atoms with Crippen LogP contribution < -0.4 is 14.8 Å². The summed E-state index contributed by atoms with van der Waals surface area (Å²) in [5, 5.41) is 4.53. The molecule has 0 aliphatic rings. The van der Waals surface area contributed by atoms with Crippen molar-refractivity contribution >= 4 is 43.2 Å². The molecule has 0 amide bonds. The van der Waals surface area contributed by atoms with Crippen LogP contribution in [0.3, 0.4) is 0 Å². The highest BCUT2D eigenvalue weighted by Crippen LogP contribution is 2.35. The maximum Gasteiger partial charge on any atom is 0.162 e. The van der Waals surface area contributed by atoms with Gasteiger partial charge in [0.2, 0.25) is 0 Å². The van der Waals surface area contributed by atoms with E-state index in [1.807, 2.05) is 12.1 Å². The molecule has 0 radical (unpaired) electrons. The second kappa shape index (κ2) is 9.71. The summed E-state index contributed by atoms with van der Waals surface area (Å²) in [6, 6.07) is 18.8. The number of fused-ring (bicyclic) bond motifs is 1. The van der Waals surface area contributed by atoms with Gasteiger partial charge in [0.25, 0.3) is 0 Å². The van der Waals surface area contributed by atoms with Gasteiger partial charge in [-0.2, -0.15) is 0 Å². The largest absolute Gasteiger partial charge is 0.493 e. The number of nitrogens with zero attached hydrogens (tertiary/aromatic N) is 1. The molecule has 0 spiro atoms. The molecular weight excluding hydrogens is 472 g/mol. The molecule has 6 heteroatoms. The molecule has 0 aliphatic heterocycles. The van der Waals surface area contributed by atoms with Gasteiger partial charge in [-0.25, -0.2) is 4.98 Å². The van der Waals surface area contributed by atoms with Crippen LogP contribution in [0, 0.1) is 6.92 Å². The summed E-state index contributed by atoms with van der Waals surface area (Å²) in [6.07, 6.45) is 0.955. The number of thiazole rings is 1. The Labute approximate surface area is 195 Å². The molecule has 0 unspecified atom stereocenters. The van der Waals surface area contributed by atoms with Crippen molar-refractivity contribution in [2.75, 3.05) is 19.0 Å². The number of rotatable bonds is 8. The average molecular weight is 497 g/mol. The first-order valence-corrected chi connectivity index (χ1v) is 11.9. The maximum absolute atomic E-state index is 5.78. The van der Waals surface area contributed by atoms with Gasteiger partial charge in [-0.3, -0.25) is 0 Å². The zero-order chi connectivity index (χ0) is 21.8. The minimum absolute atomic E-state index is 0.668. The fourth-order valence-electron chi connectivity index (χ4n) is 3.28. The summed E-state index contributed by atoms with van der Waals surface area (Å²) in [7, 11) is 1.67. The molecule has 0 bridgehead atoms. The Morgan fingerprint density at radius 1 is 1.03 bits per heavy atom. The van der Waals surface area contributed by atoms with Gasteiger partial charge in [-0.1, -0.05) is 28.9 Å². The molecule has 4 nitrogen and oxygen atoms in total. The lowest BCUT2D eigenvalue weighted by atomic mass is 10.1. The lowest BCUT2D eigenvalue weighted by Gasteiger charge is -2.14. The van der Waals surface area contributed by atoms with E-state index in [0.29, 0.717) is 13.2 Å². The second-order valence-corrected chi connectivity index (χ2v) is 9.25. The van der Waals surface area contributed by atoms with Gasteiger partial charge < -0.3 is 14.8 Å². The van der Waals surface area contributed by atoms with E-state index in [2.05, 4.69) is 77.6 Å². The van der Waals surface area contributed by atoms with Gasteiger partial charge in [0.1, 0.15) is 5.01 Å². The second-order valence-electron chi connectivity index (χ2n) is 7.36.